The molecule has 0 radical (unpaired) electrons. The van der Waals surface area contributed by atoms with Gasteiger partial charge in [-0.15, -0.1) is 0 Å². The fourth-order valence-corrected chi connectivity index (χ4v) is 2.67. The van der Waals surface area contributed by atoms with Crippen molar-refractivity contribution in [2.75, 3.05) is 27.2 Å². The summed E-state index contributed by atoms with van der Waals surface area (Å²) in [6.45, 7) is 1.34. The zero-order valence-corrected chi connectivity index (χ0v) is 14.7. The van der Waals surface area contributed by atoms with Crippen LogP contribution in [0.2, 0.25) is 0 Å². The smallest absolute Gasteiger partial charge is 0.251 e. The van der Waals surface area contributed by atoms with Crippen LogP contribution in [0.25, 0.3) is 22.4 Å². The maximum absolute atomic E-state index is 12.3. The van der Waals surface area contributed by atoms with Crippen molar-refractivity contribution in [3.05, 3.63) is 53.6 Å². The summed E-state index contributed by atoms with van der Waals surface area (Å²) in [7, 11) is 3.91. The number of aromatic nitrogens is 2. The Morgan fingerprint density at radius 3 is 2.69 bits per heavy atom. The Balaban J connectivity index is 1.88. The van der Waals surface area contributed by atoms with E-state index in [-0.39, 0.29) is 5.91 Å². The number of H-pyrrole nitrogens is 1. The number of nitrogens with two attached hydrogens (primary N) is 1. The van der Waals surface area contributed by atoms with E-state index in [0.717, 1.165) is 17.6 Å². The van der Waals surface area contributed by atoms with Gasteiger partial charge in [-0.25, -0.2) is 4.98 Å². The lowest BCUT2D eigenvalue weighted by Crippen LogP contribution is -2.31. The molecule has 0 spiro atoms. The Hall–Kier alpha value is -3.19. The number of rotatable bonds is 6. The third-order valence-corrected chi connectivity index (χ3v) is 4.02. The van der Waals surface area contributed by atoms with E-state index < -0.39 is 5.91 Å². The molecule has 3 rings (SSSR count). The predicted octanol–water partition coefficient (Wildman–Crippen LogP) is 1.62. The molecule has 2 aromatic carbocycles. The number of nitrogens with zero attached hydrogens (tertiary/aromatic N) is 2. The van der Waals surface area contributed by atoms with Crippen molar-refractivity contribution in [1.29, 1.82) is 0 Å². The van der Waals surface area contributed by atoms with Crippen molar-refractivity contribution in [3.63, 3.8) is 0 Å². The normalized spacial score (nSPS) is 11.0. The van der Waals surface area contributed by atoms with Gasteiger partial charge in [-0.1, -0.05) is 18.2 Å². The summed E-state index contributed by atoms with van der Waals surface area (Å²) < 4.78 is 0. The Bertz CT molecular complexity index is 961. The quantitative estimate of drug-likeness (QED) is 0.628. The summed E-state index contributed by atoms with van der Waals surface area (Å²) in [5.74, 6) is -0.0815. The largest absolute Gasteiger partial charge is 0.366 e. The molecule has 134 valence electrons. The standard InChI is InChI=1S/C19H21N5O2/c1-24(2)10-9-21-19(26)13-6-3-5-12(11-13)18-22-15-8-4-7-14(17(20)25)16(15)23-18/h3-8,11H,9-10H2,1-2H3,(H2,20,25)(H,21,26)(H,22,23). The Morgan fingerprint density at radius 2 is 1.96 bits per heavy atom. The lowest BCUT2D eigenvalue weighted by Gasteiger charge is -2.10. The lowest BCUT2D eigenvalue weighted by atomic mass is 10.1. The number of benzene rings is 2. The van der Waals surface area contributed by atoms with Gasteiger partial charge >= 0.3 is 0 Å². The molecule has 7 nitrogen and oxygen atoms in total. The second-order valence-electron chi connectivity index (χ2n) is 6.29. The number of hydrogen-bond donors (Lipinski definition) is 3. The molecule has 4 N–H and O–H groups in total. The number of para-hydroxylation sites is 1. The average molecular weight is 351 g/mol. The van der Waals surface area contributed by atoms with Crippen molar-refractivity contribution >= 4 is 22.8 Å². The second-order valence-corrected chi connectivity index (χ2v) is 6.29. The van der Waals surface area contributed by atoms with E-state index in [1.807, 2.05) is 31.1 Å². The lowest BCUT2D eigenvalue weighted by molar-refractivity contribution is 0.0949. The molecule has 0 atom stereocenters. The van der Waals surface area contributed by atoms with Crippen LogP contribution in [0.15, 0.2) is 42.5 Å². The van der Waals surface area contributed by atoms with Gasteiger partial charge in [0.1, 0.15) is 11.3 Å². The summed E-state index contributed by atoms with van der Waals surface area (Å²) in [4.78, 5) is 33.5. The zero-order valence-electron chi connectivity index (χ0n) is 14.7. The molecule has 7 heteroatoms. The van der Waals surface area contributed by atoms with Gasteiger partial charge in [0.25, 0.3) is 11.8 Å². The van der Waals surface area contributed by atoms with Crippen LogP contribution in [-0.4, -0.2) is 53.9 Å². The zero-order chi connectivity index (χ0) is 18.7. The molecular weight excluding hydrogens is 330 g/mol. The highest BCUT2D eigenvalue weighted by molar-refractivity contribution is 6.04. The van der Waals surface area contributed by atoms with Crippen LogP contribution >= 0.6 is 0 Å². The van der Waals surface area contributed by atoms with Gasteiger partial charge in [-0.2, -0.15) is 0 Å². The highest BCUT2D eigenvalue weighted by atomic mass is 16.2. The number of nitrogens with one attached hydrogen (secondary N) is 2. The summed E-state index contributed by atoms with van der Waals surface area (Å²) in [6, 6.07) is 12.4. The van der Waals surface area contributed by atoms with Crippen molar-refractivity contribution in [1.82, 2.24) is 20.2 Å². The number of aromatic amines is 1. The molecule has 0 aliphatic carbocycles. The molecule has 3 aromatic rings. The summed E-state index contributed by atoms with van der Waals surface area (Å²) >= 11 is 0. The summed E-state index contributed by atoms with van der Waals surface area (Å²) in [5.41, 5.74) is 8.33. The number of carbonyl (C=O) groups is 2. The van der Waals surface area contributed by atoms with Crippen LogP contribution in [0.1, 0.15) is 20.7 Å². The maximum atomic E-state index is 12.3. The van der Waals surface area contributed by atoms with E-state index in [4.69, 9.17) is 5.73 Å². The van der Waals surface area contributed by atoms with E-state index >= 15 is 0 Å². The van der Waals surface area contributed by atoms with Gasteiger partial charge in [0.15, 0.2) is 0 Å². The summed E-state index contributed by atoms with van der Waals surface area (Å²) in [5, 5.41) is 2.89. The third-order valence-electron chi connectivity index (χ3n) is 4.02. The van der Waals surface area contributed by atoms with Crippen LogP contribution < -0.4 is 11.1 Å². The Kier molecular flexibility index (Phi) is 4.99. The van der Waals surface area contributed by atoms with Crippen LogP contribution in [-0.2, 0) is 0 Å². The first kappa shape index (κ1) is 17.6. The van der Waals surface area contributed by atoms with Crippen LogP contribution in [0, 0.1) is 0 Å². The average Bonchev–Trinajstić information content (AvgIpc) is 3.05. The Morgan fingerprint density at radius 1 is 1.19 bits per heavy atom. The number of fused-ring (bicyclic) bond motifs is 1. The molecule has 0 aliphatic heterocycles. The first-order chi connectivity index (χ1) is 12.5. The molecule has 0 fully saturated rings. The Labute approximate surface area is 151 Å². The topological polar surface area (TPSA) is 104 Å². The number of likely N-dealkylation sites (N-methyl/N-ethyl adjacent to an activating group) is 1. The predicted molar refractivity (Wildman–Crippen MR) is 101 cm³/mol. The molecule has 0 saturated heterocycles. The van der Waals surface area contributed by atoms with E-state index in [1.54, 1.807) is 30.3 Å². The SMILES string of the molecule is CN(C)CCNC(=O)c1cccc(-c2nc3c(C(N)=O)cccc3[nH]2)c1. The van der Waals surface area contributed by atoms with Gasteiger partial charge in [-0.3, -0.25) is 9.59 Å². The minimum absolute atomic E-state index is 0.136. The van der Waals surface area contributed by atoms with Crippen molar-refractivity contribution < 1.29 is 9.59 Å². The van der Waals surface area contributed by atoms with E-state index in [1.165, 1.54) is 0 Å². The number of amides is 2. The fraction of sp³-hybridized carbons (Fsp3) is 0.211. The minimum Gasteiger partial charge on any atom is -0.366 e. The van der Waals surface area contributed by atoms with Crippen molar-refractivity contribution in [2.24, 2.45) is 5.73 Å². The van der Waals surface area contributed by atoms with E-state index in [2.05, 4.69) is 15.3 Å². The molecule has 2 amide bonds. The summed E-state index contributed by atoms with van der Waals surface area (Å²) in [6.07, 6.45) is 0. The third kappa shape index (κ3) is 3.73. The molecule has 0 aliphatic rings. The first-order valence-corrected chi connectivity index (χ1v) is 8.27. The highest BCUT2D eigenvalue weighted by Crippen LogP contribution is 2.23. The molecule has 1 heterocycles. The minimum atomic E-state index is -0.525. The molecule has 1 aromatic heterocycles. The van der Waals surface area contributed by atoms with E-state index in [9.17, 15) is 9.59 Å². The van der Waals surface area contributed by atoms with Gasteiger partial charge in [0, 0.05) is 24.2 Å². The van der Waals surface area contributed by atoms with Crippen LogP contribution in [0.4, 0.5) is 0 Å². The monoisotopic (exact) mass is 351 g/mol. The van der Waals surface area contributed by atoms with Gasteiger partial charge < -0.3 is 20.9 Å². The van der Waals surface area contributed by atoms with Crippen molar-refractivity contribution in [2.45, 2.75) is 0 Å². The number of hydrogen-bond acceptors (Lipinski definition) is 4. The first-order valence-electron chi connectivity index (χ1n) is 8.27. The van der Waals surface area contributed by atoms with Crippen LogP contribution in [0.5, 0.6) is 0 Å². The molecule has 0 saturated carbocycles. The molecule has 26 heavy (non-hydrogen) atoms. The molecule has 0 unspecified atom stereocenters. The molecule has 0 bridgehead atoms. The number of carbonyl (C=O) groups excluding carboxylic acids is 2. The molecular formula is C19H21N5O2. The fourth-order valence-electron chi connectivity index (χ4n) is 2.67. The van der Waals surface area contributed by atoms with Gasteiger partial charge in [0.05, 0.1) is 11.1 Å². The van der Waals surface area contributed by atoms with E-state index in [0.29, 0.717) is 29.0 Å². The maximum Gasteiger partial charge on any atom is 0.251 e. The van der Waals surface area contributed by atoms with Gasteiger partial charge in [-0.05, 0) is 38.4 Å². The van der Waals surface area contributed by atoms with Crippen LogP contribution in [0.3, 0.4) is 0 Å². The number of primary amides is 1. The van der Waals surface area contributed by atoms with Crippen molar-refractivity contribution in [3.8, 4) is 11.4 Å². The second kappa shape index (κ2) is 7.37. The highest BCUT2D eigenvalue weighted by Gasteiger charge is 2.13. The van der Waals surface area contributed by atoms with Gasteiger partial charge in [0.2, 0.25) is 0 Å². The number of imidazole rings is 1.